The summed E-state index contributed by atoms with van der Waals surface area (Å²) in [6.45, 7) is 0.498. The first kappa shape index (κ1) is 15.3. The molecule has 3 aromatic rings. The van der Waals surface area contributed by atoms with Gasteiger partial charge in [-0.3, -0.25) is 4.79 Å². The molecule has 0 unspecified atom stereocenters. The summed E-state index contributed by atoms with van der Waals surface area (Å²) in [7, 11) is 1.72. The number of fused-ring (bicyclic) bond motifs is 2. The Hall–Kier alpha value is -2.24. The van der Waals surface area contributed by atoms with E-state index in [0.29, 0.717) is 12.1 Å². The Labute approximate surface area is 144 Å². The number of nitrogens with one attached hydrogen (secondary N) is 1. The van der Waals surface area contributed by atoms with Gasteiger partial charge >= 0.3 is 0 Å². The van der Waals surface area contributed by atoms with Gasteiger partial charge in [0.25, 0.3) is 5.91 Å². The Balaban J connectivity index is 1.48. The molecule has 0 spiro atoms. The predicted octanol–water partition coefficient (Wildman–Crippen LogP) is 3.21. The zero-order valence-corrected chi connectivity index (χ0v) is 14.2. The maximum atomic E-state index is 12.5. The summed E-state index contributed by atoms with van der Waals surface area (Å²) >= 11 is 1.54. The molecular weight excluding hydrogens is 320 g/mol. The van der Waals surface area contributed by atoms with Gasteiger partial charge in [-0.2, -0.15) is 0 Å². The summed E-state index contributed by atoms with van der Waals surface area (Å²) in [5.74, 6) is -0.0716. The van der Waals surface area contributed by atoms with Gasteiger partial charge < -0.3 is 10.1 Å². The maximum Gasteiger partial charge on any atom is 0.251 e. The number of amides is 1. The normalized spacial score (nSPS) is 15.4. The quantitative estimate of drug-likeness (QED) is 0.795. The van der Waals surface area contributed by atoms with Gasteiger partial charge in [0.2, 0.25) is 0 Å². The second-order valence-electron chi connectivity index (χ2n) is 6.23. The lowest BCUT2D eigenvalue weighted by atomic mass is 10.00. The molecule has 0 saturated heterocycles. The van der Waals surface area contributed by atoms with Crippen molar-refractivity contribution < 1.29 is 9.53 Å². The van der Waals surface area contributed by atoms with Gasteiger partial charge in [0.15, 0.2) is 0 Å². The van der Waals surface area contributed by atoms with Crippen molar-refractivity contribution in [1.29, 1.82) is 0 Å². The molecule has 1 aromatic heterocycles. The Morgan fingerprint density at radius 3 is 2.71 bits per heavy atom. The van der Waals surface area contributed by atoms with Gasteiger partial charge in [-0.25, -0.2) is 4.98 Å². The fourth-order valence-corrected chi connectivity index (χ4v) is 4.06. The van der Waals surface area contributed by atoms with Gasteiger partial charge in [-0.1, -0.05) is 24.3 Å². The van der Waals surface area contributed by atoms with Crippen LogP contribution in [0.4, 0.5) is 0 Å². The number of carbonyl (C=O) groups excluding carboxylic acids is 1. The Kier molecular flexibility index (Phi) is 3.82. The van der Waals surface area contributed by atoms with Crippen LogP contribution in [0.1, 0.15) is 21.5 Å². The Morgan fingerprint density at radius 2 is 2.00 bits per heavy atom. The molecule has 0 aliphatic heterocycles. The van der Waals surface area contributed by atoms with Crippen LogP contribution in [0.5, 0.6) is 0 Å². The number of hydrogen-bond donors (Lipinski definition) is 1. The largest absolute Gasteiger partial charge is 0.376 e. The van der Waals surface area contributed by atoms with Crippen LogP contribution < -0.4 is 5.32 Å². The van der Waals surface area contributed by atoms with Gasteiger partial charge in [0, 0.05) is 32.1 Å². The van der Waals surface area contributed by atoms with Crippen molar-refractivity contribution in [2.24, 2.45) is 0 Å². The minimum absolute atomic E-state index is 0.0716. The van der Waals surface area contributed by atoms with E-state index in [0.717, 1.165) is 23.1 Å². The number of benzene rings is 2. The van der Waals surface area contributed by atoms with Crippen molar-refractivity contribution >= 4 is 27.5 Å². The van der Waals surface area contributed by atoms with Crippen molar-refractivity contribution in [2.75, 3.05) is 13.7 Å². The smallest absolute Gasteiger partial charge is 0.251 e. The lowest BCUT2D eigenvalue weighted by Gasteiger charge is -2.27. The highest BCUT2D eigenvalue weighted by Crippen LogP contribution is 2.32. The summed E-state index contributed by atoms with van der Waals surface area (Å²) in [5, 5.41) is 3.04. The van der Waals surface area contributed by atoms with Crippen LogP contribution in [0.25, 0.3) is 10.2 Å². The number of aromatic nitrogens is 1. The van der Waals surface area contributed by atoms with Gasteiger partial charge in [-0.15, -0.1) is 11.3 Å². The minimum atomic E-state index is -0.353. The third-order valence-electron chi connectivity index (χ3n) is 4.74. The molecule has 24 heavy (non-hydrogen) atoms. The van der Waals surface area contributed by atoms with E-state index in [9.17, 15) is 4.79 Å². The van der Waals surface area contributed by atoms with Crippen molar-refractivity contribution in [3.8, 4) is 0 Å². The van der Waals surface area contributed by atoms with Gasteiger partial charge in [0.1, 0.15) is 0 Å². The second-order valence-corrected chi connectivity index (χ2v) is 7.11. The zero-order valence-electron chi connectivity index (χ0n) is 13.4. The molecule has 0 bridgehead atoms. The van der Waals surface area contributed by atoms with Crippen LogP contribution in [-0.2, 0) is 17.6 Å². The van der Waals surface area contributed by atoms with Crippen LogP contribution >= 0.6 is 11.3 Å². The first-order valence-electron chi connectivity index (χ1n) is 7.92. The second kappa shape index (κ2) is 6.00. The molecule has 1 aliphatic carbocycles. The number of thiazole rings is 1. The third kappa shape index (κ3) is 2.70. The Morgan fingerprint density at radius 1 is 1.25 bits per heavy atom. The number of carbonyl (C=O) groups is 1. The third-order valence-corrected chi connectivity index (χ3v) is 5.53. The molecule has 1 amide bonds. The van der Waals surface area contributed by atoms with E-state index in [1.807, 2.05) is 30.3 Å². The topological polar surface area (TPSA) is 51.2 Å². The van der Waals surface area contributed by atoms with E-state index in [1.54, 1.807) is 24.0 Å². The average molecular weight is 338 g/mol. The number of nitrogens with zero attached hydrogens (tertiary/aromatic N) is 1. The molecule has 1 N–H and O–H groups in total. The van der Waals surface area contributed by atoms with E-state index in [1.165, 1.54) is 11.1 Å². The highest BCUT2D eigenvalue weighted by molar-refractivity contribution is 7.16. The average Bonchev–Trinajstić information content (AvgIpc) is 3.23. The van der Waals surface area contributed by atoms with E-state index >= 15 is 0 Å². The van der Waals surface area contributed by atoms with Crippen LogP contribution in [-0.4, -0.2) is 30.1 Å². The molecule has 4 nitrogen and oxygen atoms in total. The highest BCUT2D eigenvalue weighted by Gasteiger charge is 2.37. The molecule has 0 atom stereocenters. The summed E-state index contributed by atoms with van der Waals surface area (Å²) in [6.07, 6.45) is 1.65. The molecule has 122 valence electrons. The fraction of sp³-hybridized carbons (Fsp3) is 0.263. The van der Waals surface area contributed by atoms with Crippen molar-refractivity contribution in [2.45, 2.75) is 18.4 Å². The van der Waals surface area contributed by atoms with Crippen LogP contribution in [0, 0.1) is 0 Å². The fourth-order valence-electron chi connectivity index (χ4n) is 3.34. The standard InChI is InChI=1S/C19H18N2O2S/c1-23-19(9-14-4-2-3-5-15(14)10-19)11-20-18(22)13-6-7-16-17(8-13)24-12-21-16/h2-8,12H,9-11H2,1H3,(H,20,22). The molecular formula is C19H18N2O2S. The molecule has 0 radical (unpaired) electrons. The van der Waals surface area contributed by atoms with Crippen molar-refractivity contribution in [3.63, 3.8) is 0 Å². The highest BCUT2D eigenvalue weighted by atomic mass is 32.1. The van der Waals surface area contributed by atoms with Crippen LogP contribution in [0.15, 0.2) is 48.0 Å². The number of rotatable bonds is 4. The van der Waals surface area contributed by atoms with E-state index in [-0.39, 0.29) is 11.5 Å². The first-order chi connectivity index (χ1) is 11.7. The lowest BCUT2D eigenvalue weighted by molar-refractivity contribution is 0.000178. The summed E-state index contributed by atoms with van der Waals surface area (Å²) in [6, 6.07) is 14.0. The maximum absolute atomic E-state index is 12.5. The molecule has 1 heterocycles. The number of methoxy groups -OCH3 is 1. The lowest BCUT2D eigenvalue weighted by Crippen LogP contribution is -2.45. The molecule has 4 rings (SSSR count). The minimum Gasteiger partial charge on any atom is -0.376 e. The van der Waals surface area contributed by atoms with E-state index < -0.39 is 0 Å². The predicted molar refractivity (Wildman–Crippen MR) is 95.5 cm³/mol. The molecule has 5 heteroatoms. The molecule has 0 fully saturated rings. The summed E-state index contributed by atoms with van der Waals surface area (Å²) in [4.78, 5) is 16.8. The van der Waals surface area contributed by atoms with Crippen molar-refractivity contribution in [1.82, 2.24) is 10.3 Å². The number of hydrogen-bond acceptors (Lipinski definition) is 4. The van der Waals surface area contributed by atoms with E-state index in [4.69, 9.17) is 4.74 Å². The van der Waals surface area contributed by atoms with Gasteiger partial charge in [0.05, 0.1) is 21.3 Å². The summed E-state index contributed by atoms with van der Waals surface area (Å²) in [5.41, 5.74) is 5.64. The van der Waals surface area contributed by atoms with Crippen LogP contribution in [0.3, 0.4) is 0 Å². The van der Waals surface area contributed by atoms with Gasteiger partial charge in [-0.05, 0) is 29.3 Å². The molecule has 1 aliphatic rings. The van der Waals surface area contributed by atoms with E-state index in [2.05, 4.69) is 22.4 Å². The summed E-state index contributed by atoms with van der Waals surface area (Å²) < 4.78 is 6.83. The Bertz CT molecular complexity index is 878. The molecule has 2 aromatic carbocycles. The zero-order chi connectivity index (χ0) is 16.6. The monoisotopic (exact) mass is 338 g/mol. The van der Waals surface area contributed by atoms with Crippen LogP contribution in [0.2, 0.25) is 0 Å². The first-order valence-corrected chi connectivity index (χ1v) is 8.80. The number of ether oxygens (including phenoxy) is 1. The molecule has 0 saturated carbocycles. The SMILES string of the molecule is COC1(CNC(=O)c2ccc3ncsc3c2)Cc2ccccc2C1. The van der Waals surface area contributed by atoms with Crippen molar-refractivity contribution in [3.05, 3.63) is 64.7 Å².